The van der Waals surface area contributed by atoms with Crippen molar-refractivity contribution in [1.82, 2.24) is 0 Å². The maximum absolute atomic E-state index is 4.41. The number of hydrogen-bond donors (Lipinski definition) is 0. The molecular formula is C12H13N. The molecule has 1 heterocycles. The van der Waals surface area contributed by atoms with Gasteiger partial charge < -0.3 is 0 Å². The van der Waals surface area contributed by atoms with Crippen molar-refractivity contribution in [3.63, 3.8) is 0 Å². The fraction of sp³-hybridized carbons (Fsp3) is 0.250. The first kappa shape index (κ1) is 8.24. The molecule has 0 saturated carbocycles. The van der Waals surface area contributed by atoms with E-state index in [0.29, 0.717) is 0 Å². The number of benzene rings is 1. The second-order valence-electron chi connectivity index (χ2n) is 3.41. The van der Waals surface area contributed by atoms with E-state index in [0.717, 1.165) is 0 Å². The molecule has 1 heteroatoms. The van der Waals surface area contributed by atoms with Gasteiger partial charge in [0.15, 0.2) is 0 Å². The zero-order valence-electron chi connectivity index (χ0n) is 7.99. The molecule has 1 unspecified atom stereocenters. The van der Waals surface area contributed by atoms with Crippen LogP contribution >= 0.6 is 0 Å². The number of nitrogens with zero attached hydrogens (tertiary/aromatic N) is 1. The Morgan fingerprint density at radius 1 is 1.31 bits per heavy atom. The third-order valence-electron chi connectivity index (χ3n) is 2.45. The zero-order valence-corrected chi connectivity index (χ0v) is 7.99. The first-order valence-electron chi connectivity index (χ1n) is 4.58. The van der Waals surface area contributed by atoms with Crippen LogP contribution in [0.15, 0.2) is 29.3 Å². The Morgan fingerprint density at radius 3 is 3.00 bits per heavy atom. The van der Waals surface area contributed by atoms with Crippen molar-refractivity contribution in [2.75, 3.05) is 0 Å². The molecule has 0 bridgehead atoms. The molecule has 2 rings (SSSR count). The van der Waals surface area contributed by atoms with Crippen molar-refractivity contribution in [2.24, 2.45) is 4.99 Å². The molecule has 0 N–H and O–H groups in total. The fourth-order valence-corrected chi connectivity index (χ4v) is 1.82. The maximum atomic E-state index is 4.41. The molecule has 0 fully saturated rings. The quantitative estimate of drug-likeness (QED) is 0.568. The third kappa shape index (κ3) is 1.42. The van der Waals surface area contributed by atoms with Gasteiger partial charge in [0.05, 0.1) is 6.04 Å². The lowest BCUT2D eigenvalue weighted by atomic mass is 9.97. The van der Waals surface area contributed by atoms with Crippen LogP contribution < -0.4 is 0 Å². The summed E-state index contributed by atoms with van der Waals surface area (Å²) in [4.78, 5) is 4.41. The lowest BCUT2D eigenvalue weighted by Gasteiger charge is -2.12. The highest BCUT2D eigenvalue weighted by Crippen LogP contribution is 2.26. The Hall–Kier alpha value is -1.37. The summed E-state index contributed by atoms with van der Waals surface area (Å²) in [5, 5.41) is 0. The summed E-state index contributed by atoms with van der Waals surface area (Å²) in [7, 11) is 0. The molecule has 0 amide bonds. The van der Waals surface area contributed by atoms with Crippen molar-refractivity contribution in [3.8, 4) is 0 Å². The number of rotatable bonds is 0. The van der Waals surface area contributed by atoms with Crippen LogP contribution in [0.1, 0.15) is 29.7 Å². The second kappa shape index (κ2) is 3.17. The van der Waals surface area contributed by atoms with Crippen LogP contribution in [0.25, 0.3) is 6.08 Å². The van der Waals surface area contributed by atoms with Crippen LogP contribution in [0, 0.1) is 6.92 Å². The summed E-state index contributed by atoms with van der Waals surface area (Å²) >= 11 is 0. The van der Waals surface area contributed by atoms with Gasteiger partial charge in [-0.25, -0.2) is 0 Å². The molecule has 0 saturated heterocycles. The molecule has 1 aliphatic heterocycles. The SMILES string of the molecule is Cc1cccc2c1C(C)N=CC=C2. The van der Waals surface area contributed by atoms with Gasteiger partial charge in [0.2, 0.25) is 0 Å². The van der Waals surface area contributed by atoms with Crippen molar-refractivity contribution >= 4 is 12.3 Å². The number of aryl methyl sites for hydroxylation is 1. The molecule has 0 radical (unpaired) electrons. The van der Waals surface area contributed by atoms with E-state index in [1.807, 2.05) is 12.3 Å². The van der Waals surface area contributed by atoms with Gasteiger partial charge in [0.1, 0.15) is 0 Å². The number of fused-ring (bicyclic) bond motifs is 1. The minimum absolute atomic E-state index is 0.284. The molecule has 66 valence electrons. The lowest BCUT2D eigenvalue weighted by molar-refractivity contribution is 0.817. The van der Waals surface area contributed by atoms with Crippen molar-refractivity contribution in [1.29, 1.82) is 0 Å². The Morgan fingerprint density at radius 2 is 2.15 bits per heavy atom. The highest BCUT2D eigenvalue weighted by Gasteiger charge is 2.10. The van der Waals surface area contributed by atoms with Gasteiger partial charge in [-0.3, -0.25) is 4.99 Å². The lowest BCUT2D eigenvalue weighted by Crippen LogP contribution is -1.95. The molecule has 13 heavy (non-hydrogen) atoms. The van der Waals surface area contributed by atoms with Gasteiger partial charge in [-0.1, -0.05) is 24.3 Å². The first-order chi connectivity index (χ1) is 6.29. The first-order valence-corrected chi connectivity index (χ1v) is 4.58. The van der Waals surface area contributed by atoms with Crippen LogP contribution in [-0.4, -0.2) is 6.21 Å². The minimum Gasteiger partial charge on any atom is -0.285 e. The maximum Gasteiger partial charge on any atom is 0.0729 e. The third-order valence-corrected chi connectivity index (χ3v) is 2.45. The number of hydrogen-bond acceptors (Lipinski definition) is 1. The largest absolute Gasteiger partial charge is 0.285 e. The predicted molar refractivity (Wildman–Crippen MR) is 57.1 cm³/mol. The zero-order chi connectivity index (χ0) is 9.26. The molecule has 1 nitrogen and oxygen atoms in total. The molecule has 0 aromatic heterocycles. The van der Waals surface area contributed by atoms with Gasteiger partial charge in [0.25, 0.3) is 0 Å². The van der Waals surface area contributed by atoms with E-state index < -0.39 is 0 Å². The molecule has 1 atom stereocenters. The van der Waals surface area contributed by atoms with Crippen molar-refractivity contribution in [3.05, 3.63) is 41.0 Å². The highest BCUT2D eigenvalue weighted by molar-refractivity contribution is 5.80. The van der Waals surface area contributed by atoms with Gasteiger partial charge in [0, 0.05) is 6.21 Å². The Kier molecular flexibility index (Phi) is 2.01. The van der Waals surface area contributed by atoms with E-state index >= 15 is 0 Å². The van der Waals surface area contributed by atoms with E-state index in [1.165, 1.54) is 16.7 Å². The summed E-state index contributed by atoms with van der Waals surface area (Å²) in [6.07, 6.45) is 6.00. The van der Waals surface area contributed by atoms with E-state index in [-0.39, 0.29) is 6.04 Å². The molecular weight excluding hydrogens is 158 g/mol. The Bertz CT molecular complexity index is 375. The monoisotopic (exact) mass is 171 g/mol. The summed E-state index contributed by atoms with van der Waals surface area (Å²) in [6, 6.07) is 6.66. The molecule has 1 aromatic rings. The smallest absolute Gasteiger partial charge is 0.0729 e. The molecule has 0 aliphatic carbocycles. The van der Waals surface area contributed by atoms with Crippen LogP contribution in [0.4, 0.5) is 0 Å². The normalized spacial score (nSPS) is 19.7. The van der Waals surface area contributed by atoms with Gasteiger partial charge in [-0.15, -0.1) is 0 Å². The van der Waals surface area contributed by atoms with Crippen LogP contribution in [0.2, 0.25) is 0 Å². The topological polar surface area (TPSA) is 12.4 Å². The van der Waals surface area contributed by atoms with Gasteiger partial charge in [-0.05, 0) is 36.6 Å². The average Bonchev–Trinajstić information content (AvgIpc) is 2.29. The standard InChI is InChI=1S/C12H13N/c1-9-5-3-6-11-7-4-8-13-10(2)12(9)11/h3-8,10H,1-2H3. The predicted octanol–water partition coefficient (Wildman–Crippen LogP) is 3.15. The Balaban J connectivity index is 2.64. The van der Waals surface area contributed by atoms with Crippen LogP contribution in [0.5, 0.6) is 0 Å². The highest BCUT2D eigenvalue weighted by atomic mass is 14.8. The number of aliphatic imine (C=N–C) groups is 1. The van der Waals surface area contributed by atoms with Crippen LogP contribution in [-0.2, 0) is 0 Å². The molecule has 0 spiro atoms. The molecule has 1 aromatic carbocycles. The summed E-state index contributed by atoms with van der Waals surface area (Å²) in [5.74, 6) is 0. The summed E-state index contributed by atoms with van der Waals surface area (Å²) in [6.45, 7) is 4.28. The van der Waals surface area contributed by atoms with E-state index in [1.54, 1.807) is 0 Å². The molecule has 1 aliphatic rings. The minimum atomic E-state index is 0.284. The number of allylic oxidation sites excluding steroid dienone is 1. The van der Waals surface area contributed by atoms with E-state index in [4.69, 9.17) is 0 Å². The Labute approximate surface area is 78.8 Å². The second-order valence-corrected chi connectivity index (χ2v) is 3.41. The van der Waals surface area contributed by atoms with Gasteiger partial charge in [-0.2, -0.15) is 0 Å². The average molecular weight is 171 g/mol. The van der Waals surface area contributed by atoms with Crippen LogP contribution in [0.3, 0.4) is 0 Å². The van der Waals surface area contributed by atoms with Crippen molar-refractivity contribution < 1.29 is 0 Å². The van der Waals surface area contributed by atoms with Gasteiger partial charge >= 0.3 is 0 Å². The summed E-state index contributed by atoms with van der Waals surface area (Å²) in [5.41, 5.74) is 3.98. The van der Waals surface area contributed by atoms with Crippen molar-refractivity contribution in [2.45, 2.75) is 19.9 Å². The van der Waals surface area contributed by atoms with E-state index in [2.05, 4.69) is 43.1 Å². The summed E-state index contributed by atoms with van der Waals surface area (Å²) < 4.78 is 0. The van der Waals surface area contributed by atoms with E-state index in [9.17, 15) is 0 Å². The fourth-order valence-electron chi connectivity index (χ4n) is 1.82.